The quantitative estimate of drug-likeness (QED) is 0.780. The number of hydrogen-bond acceptors (Lipinski definition) is 5. The number of nitrogens with zero attached hydrogens (tertiary/aromatic N) is 1. The van der Waals surface area contributed by atoms with Crippen molar-refractivity contribution in [3.63, 3.8) is 0 Å². The summed E-state index contributed by atoms with van der Waals surface area (Å²) in [5.74, 6) is -0.0509. The van der Waals surface area contributed by atoms with E-state index in [-0.39, 0.29) is 23.0 Å². The zero-order valence-electron chi connectivity index (χ0n) is 9.69. The fourth-order valence-corrected chi connectivity index (χ4v) is 1.83. The number of nitrogens with one attached hydrogen (secondary N) is 1. The number of aromatic nitrogens is 1. The lowest BCUT2D eigenvalue weighted by Gasteiger charge is -2.23. The number of amides is 1. The number of nitrogens with two attached hydrogens (primary N) is 1. The van der Waals surface area contributed by atoms with E-state index >= 15 is 0 Å². The highest BCUT2D eigenvalue weighted by molar-refractivity contribution is 6.29. The second-order valence-electron chi connectivity index (χ2n) is 3.88. The van der Waals surface area contributed by atoms with E-state index in [0.717, 1.165) is 0 Å². The highest BCUT2D eigenvalue weighted by atomic mass is 35.5. The fourth-order valence-electron chi connectivity index (χ4n) is 1.61. The van der Waals surface area contributed by atoms with Gasteiger partial charge >= 0.3 is 0 Å². The zero-order valence-corrected chi connectivity index (χ0v) is 10.4. The highest BCUT2D eigenvalue weighted by Gasteiger charge is 2.16. The Hall–Kier alpha value is -1.37. The number of carbonyl (C=O) groups excluding carboxylic acids is 1. The molecule has 2 heterocycles. The molecule has 0 spiro atoms. The van der Waals surface area contributed by atoms with Crippen molar-refractivity contribution in [3.8, 4) is 0 Å². The average Bonchev–Trinajstić information content (AvgIpc) is 2.36. The van der Waals surface area contributed by atoms with Gasteiger partial charge in [-0.25, -0.2) is 4.98 Å². The van der Waals surface area contributed by atoms with Crippen LogP contribution in [0.25, 0.3) is 0 Å². The van der Waals surface area contributed by atoms with E-state index in [0.29, 0.717) is 31.9 Å². The predicted octanol–water partition coefficient (Wildman–Crippen LogP) is 0.462. The fraction of sp³-hybridized carbons (Fsp3) is 0.455. The molecule has 1 saturated heterocycles. The Morgan fingerprint density at radius 2 is 2.39 bits per heavy atom. The van der Waals surface area contributed by atoms with Crippen molar-refractivity contribution in [2.24, 2.45) is 0 Å². The van der Waals surface area contributed by atoms with Crippen molar-refractivity contribution < 1.29 is 14.3 Å². The lowest BCUT2D eigenvalue weighted by Crippen LogP contribution is -2.39. The van der Waals surface area contributed by atoms with Crippen molar-refractivity contribution in [1.29, 1.82) is 0 Å². The van der Waals surface area contributed by atoms with Crippen LogP contribution in [0.1, 0.15) is 10.4 Å². The van der Waals surface area contributed by atoms with Crippen molar-refractivity contribution in [1.82, 2.24) is 10.3 Å². The molecule has 1 amide bonds. The third-order valence-corrected chi connectivity index (χ3v) is 2.64. The summed E-state index contributed by atoms with van der Waals surface area (Å²) in [4.78, 5) is 15.6. The summed E-state index contributed by atoms with van der Waals surface area (Å²) in [5, 5.41) is 2.93. The van der Waals surface area contributed by atoms with E-state index in [9.17, 15) is 4.79 Å². The maximum absolute atomic E-state index is 11.8. The predicted molar refractivity (Wildman–Crippen MR) is 66.6 cm³/mol. The standard InChI is InChI=1S/C11H14ClN3O3/c12-9-3-7(4-10(13)15-9)11(16)14-5-8-6-17-1-2-18-8/h3-4,8H,1-2,5-6H2,(H2,13,15)(H,14,16). The van der Waals surface area contributed by atoms with Gasteiger partial charge in [0.25, 0.3) is 5.91 Å². The van der Waals surface area contributed by atoms with E-state index in [1.807, 2.05) is 0 Å². The maximum Gasteiger partial charge on any atom is 0.251 e. The normalized spacial score (nSPS) is 19.5. The zero-order chi connectivity index (χ0) is 13.0. The van der Waals surface area contributed by atoms with E-state index in [1.54, 1.807) is 0 Å². The highest BCUT2D eigenvalue weighted by Crippen LogP contribution is 2.12. The maximum atomic E-state index is 11.8. The second-order valence-corrected chi connectivity index (χ2v) is 4.27. The van der Waals surface area contributed by atoms with Crippen LogP contribution in [0.2, 0.25) is 5.15 Å². The smallest absolute Gasteiger partial charge is 0.251 e. The molecular weight excluding hydrogens is 258 g/mol. The monoisotopic (exact) mass is 271 g/mol. The first-order chi connectivity index (χ1) is 8.65. The van der Waals surface area contributed by atoms with Crippen LogP contribution in [0.5, 0.6) is 0 Å². The van der Waals surface area contributed by atoms with Gasteiger partial charge in [0.1, 0.15) is 11.0 Å². The summed E-state index contributed by atoms with van der Waals surface area (Å²) >= 11 is 5.73. The van der Waals surface area contributed by atoms with Crippen LogP contribution in [-0.4, -0.2) is 43.4 Å². The molecule has 0 radical (unpaired) electrons. The van der Waals surface area contributed by atoms with Gasteiger partial charge in [-0.2, -0.15) is 0 Å². The van der Waals surface area contributed by atoms with Crippen molar-refractivity contribution in [3.05, 3.63) is 22.8 Å². The molecule has 6 nitrogen and oxygen atoms in total. The molecule has 7 heteroatoms. The van der Waals surface area contributed by atoms with Gasteiger partial charge in [0, 0.05) is 12.1 Å². The second kappa shape index (κ2) is 5.99. The van der Waals surface area contributed by atoms with Crippen LogP contribution in [0, 0.1) is 0 Å². The minimum absolute atomic E-state index is 0.114. The van der Waals surface area contributed by atoms with Crippen LogP contribution in [0.4, 0.5) is 5.82 Å². The SMILES string of the molecule is Nc1cc(C(=O)NCC2COCCO2)cc(Cl)n1. The molecule has 0 bridgehead atoms. The molecule has 0 saturated carbocycles. The topological polar surface area (TPSA) is 86.5 Å². The molecule has 18 heavy (non-hydrogen) atoms. The molecular formula is C11H14ClN3O3. The third kappa shape index (κ3) is 3.56. The number of halogens is 1. The van der Waals surface area contributed by atoms with Gasteiger partial charge in [0.2, 0.25) is 0 Å². The largest absolute Gasteiger partial charge is 0.384 e. The van der Waals surface area contributed by atoms with Crippen molar-refractivity contribution in [2.45, 2.75) is 6.10 Å². The molecule has 0 aromatic carbocycles. The molecule has 3 N–H and O–H groups in total. The minimum Gasteiger partial charge on any atom is -0.384 e. The van der Waals surface area contributed by atoms with Crippen molar-refractivity contribution in [2.75, 3.05) is 32.1 Å². The number of nitrogen functional groups attached to an aromatic ring is 1. The number of rotatable bonds is 3. The Labute approximate surface area is 109 Å². The Balaban J connectivity index is 1.90. The first-order valence-corrected chi connectivity index (χ1v) is 5.93. The number of hydrogen-bond donors (Lipinski definition) is 2. The number of pyridine rings is 1. The lowest BCUT2D eigenvalue weighted by molar-refractivity contribution is -0.0855. The molecule has 1 aliphatic rings. The van der Waals surface area contributed by atoms with Crippen LogP contribution < -0.4 is 11.1 Å². The Morgan fingerprint density at radius 1 is 1.56 bits per heavy atom. The molecule has 2 rings (SSSR count). The van der Waals surface area contributed by atoms with Gasteiger partial charge in [-0.05, 0) is 12.1 Å². The van der Waals surface area contributed by atoms with Crippen LogP contribution in [0.15, 0.2) is 12.1 Å². The first-order valence-electron chi connectivity index (χ1n) is 5.56. The number of ether oxygens (including phenoxy) is 2. The summed E-state index contributed by atoms with van der Waals surface area (Å²) in [7, 11) is 0. The van der Waals surface area contributed by atoms with Gasteiger partial charge in [-0.15, -0.1) is 0 Å². The number of carbonyl (C=O) groups is 1. The van der Waals surface area contributed by atoms with Crippen LogP contribution in [0.3, 0.4) is 0 Å². The molecule has 1 fully saturated rings. The van der Waals surface area contributed by atoms with Gasteiger partial charge in [0.05, 0.1) is 25.9 Å². The summed E-state index contributed by atoms with van der Waals surface area (Å²) in [6.45, 7) is 2.02. The summed E-state index contributed by atoms with van der Waals surface area (Å²) in [6, 6.07) is 2.94. The molecule has 1 aliphatic heterocycles. The molecule has 1 aromatic rings. The number of anilines is 1. The molecule has 1 aromatic heterocycles. The third-order valence-electron chi connectivity index (χ3n) is 2.45. The lowest BCUT2D eigenvalue weighted by atomic mass is 10.2. The van der Waals surface area contributed by atoms with Crippen LogP contribution in [-0.2, 0) is 9.47 Å². The van der Waals surface area contributed by atoms with E-state index in [2.05, 4.69) is 10.3 Å². The first kappa shape index (κ1) is 13.1. The Bertz CT molecular complexity index is 415. The molecule has 1 atom stereocenters. The Morgan fingerprint density at radius 3 is 3.06 bits per heavy atom. The van der Waals surface area contributed by atoms with Crippen LogP contribution >= 0.6 is 11.6 Å². The van der Waals surface area contributed by atoms with Gasteiger partial charge < -0.3 is 20.5 Å². The summed E-state index contributed by atoms with van der Waals surface area (Å²) < 4.78 is 10.6. The summed E-state index contributed by atoms with van der Waals surface area (Å²) in [6.07, 6.45) is -0.114. The van der Waals surface area contributed by atoms with Gasteiger partial charge in [-0.3, -0.25) is 4.79 Å². The summed E-state index contributed by atoms with van der Waals surface area (Å²) in [5.41, 5.74) is 5.89. The molecule has 1 unspecified atom stereocenters. The van der Waals surface area contributed by atoms with E-state index in [4.69, 9.17) is 26.8 Å². The molecule has 98 valence electrons. The van der Waals surface area contributed by atoms with E-state index in [1.165, 1.54) is 12.1 Å². The molecule has 0 aliphatic carbocycles. The van der Waals surface area contributed by atoms with E-state index < -0.39 is 0 Å². The van der Waals surface area contributed by atoms with Gasteiger partial charge in [-0.1, -0.05) is 11.6 Å². The minimum atomic E-state index is -0.264. The van der Waals surface area contributed by atoms with Gasteiger partial charge in [0.15, 0.2) is 0 Å². The Kier molecular flexibility index (Phi) is 4.35. The van der Waals surface area contributed by atoms with Crippen molar-refractivity contribution >= 4 is 23.3 Å². The average molecular weight is 272 g/mol.